The monoisotopic (exact) mass is 554 g/mol. The van der Waals surface area contributed by atoms with Crippen molar-refractivity contribution in [1.82, 2.24) is 0 Å². The summed E-state index contributed by atoms with van der Waals surface area (Å²) < 4.78 is 0. The van der Waals surface area contributed by atoms with Gasteiger partial charge in [-0.15, -0.1) is 0 Å². The van der Waals surface area contributed by atoms with Crippen molar-refractivity contribution in [3.05, 3.63) is 0 Å². The van der Waals surface area contributed by atoms with Crippen LogP contribution in [0.5, 0.6) is 0 Å². The average Bonchev–Trinajstić information content (AvgIpc) is 0. The van der Waals surface area contributed by atoms with Crippen LogP contribution < -0.4 is 67.9 Å². The molecule has 38 valence electrons. The zero-order valence-corrected chi connectivity index (χ0v) is 11.7. The van der Waals surface area contributed by atoms with Gasteiger partial charge in [-0.05, 0) is 0 Å². The summed E-state index contributed by atoms with van der Waals surface area (Å²) in [6.07, 6.45) is 0. The van der Waals surface area contributed by atoms with Crippen molar-refractivity contribution in [3.63, 3.8) is 0 Å². The van der Waals surface area contributed by atoms with E-state index in [4.69, 9.17) is 0 Å². The van der Waals surface area contributed by atoms with Gasteiger partial charge in [0.25, 0.3) is 0 Å². The van der Waals surface area contributed by atoms with Crippen LogP contribution in [0.1, 0.15) is 0 Å². The molecule has 0 bridgehead atoms. The van der Waals surface area contributed by atoms with Gasteiger partial charge in [-0.1, -0.05) is 0 Å². The van der Waals surface area contributed by atoms with Crippen LogP contribution in [-0.2, 0) is 0 Å². The summed E-state index contributed by atoms with van der Waals surface area (Å²) in [5, 5.41) is 0. The van der Waals surface area contributed by atoms with Crippen molar-refractivity contribution in [3.8, 4) is 0 Å². The molecule has 0 fully saturated rings. The van der Waals surface area contributed by atoms with E-state index >= 15 is 0 Å². The minimum Gasteiger partial charge on any atom is -1.00 e. The second-order valence-corrected chi connectivity index (χ2v) is 0. The quantitative estimate of drug-likeness (QED) is 0.275. The van der Waals surface area contributed by atoms with E-state index in [1.165, 1.54) is 0 Å². The van der Waals surface area contributed by atoms with Crippen LogP contribution in [0.2, 0.25) is 0 Å². The Morgan fingerprint density at radius 2 is 0.400 bits per heavy atom. The molecule has 0 unspecified atom stereocenters. The molecule has 0 spiro atoms. The molecule has 0 aromatic rings. The fourth-order valence-corrected chi connectivity index (χ4v) is 0. The number of halogens is 4. The van der Waals surface area contributed by atoms with E-state index in [2.05, 4.69) is 0 Å². The molecule has 0 aromatic heterocycles. The molecule has 0 saturated carbocycles. The fraction of sp³-hybridized carbons (Fsp3) is 0. The Bertz CT molecular complexity index is 3.61. The molecule has 0 atom stereocenters. The molecule has 0 amide bonds. The van der Waals surface area contributed by atoms with E-state index in [1.54, 1.807) is 0 Å². The van der Waals surface area contributed by atoms with Gasteiger partial charge in [0, 0.05) is 29.2 Å². The van der Waals surface area contributed by atoms with Crippen LogP contribution in [-0.4, -0.2) is 0 Å². The van der Waals surface area contributed by atoms with E-state index in [0.29, 0.717) is 0 Å². The summed E-state index contributed by atoms with van der Waals surface area (Å²) >= 11 is 0. The first-order chi connectivity index (χ1) is 0. The molecule has 0 aliphatic rings. The SMILES string of the molecule is [Br-].[Br-].[Br-].[Br-].[Pu]. The minimum atomic E-state index is 0. The number of rotatable bonds is 0. The summed E-state index contributed by atoms with van der Waals surface area (Å²) in [5.41, 5.74) is 0. The summed E-state index contributed by atoms with van der Waals surface area (Å²) in [5.74, 6) is 0. The van der Waals surface area contributed by atoms with Crippen LogP contribution in [0.15, 0.2) is 0 Å². The zero-order valence-electron chi connectivity index (χ0n) is 1.92. The maximum atomic E-state index is 0. The molecule has 5 heteroatoms. The number of hydrogen-bond donors (Lipinski definition) is 0. The summed E-state index contributed by atoms with van der Waals surface area (Å²) in [7, 11) is 0. The van der Waals surface area contributed by atoms with Crippen molar-refractivity contribution >= 4 is 0 Å². The molecule has 0 rings (SSSR count). The van der Waals surface area contributed by atoms with Gasteiger partial charge in [0.2, 0.25) is 0 Å². The molecule has 5 heavy (non-hydrogen) atoms. The minimum absolute atomic E-state index is 0. The molecular weight excluding hydrogens is 564 g/mol. The van der Waals surface area contributed by atoms with Gasteiger partial charge in [-0.2, -0.15) is 0 Å². The molecule has 0 nitrogen and oxygen atoms in total. The predicted octanol–water partition coefficient (Wildman–Crippen LogP) is -12.0. The summed E-state index contributed by atoms with van der Waals surface area (Å²) in [6.45, 7) is 0. The van der Waals surface area contributed by atoms with Gasteiger partial charge >= 0.3 is 0 Å². The van der Waals surface area contributed by atoms with Gasteiger partial charge < -0.3 is 67.9 Å². The Hall–Kier alpha value is 2.91. The maximum Gasteiger partial charge on any atom is 0 e. The van der Waals surface area contributed by atoms with Crippen LogP contribution in [0.3, 0.4) is 0 Å². The van der Waals surface area contributed by atoms with Crippen LogP contribution in [0, 0.1) is 29.2 Å². The fourth-order valence-electron chi connectivity index (χ4n) is 0. The molecule has 0 saturated heterocycles. The third kappa shape index (κ3) is 19.7. The van der Waals surface area contributed by atoms with Crippen LogP contribution in [0.4, 0.5) is 0 Å². The molecule has 0 aromatic carbocycles. The third-order valence-electron chi connectivity index (χ3n) is 0. The first-order valence-corrected chi connectivity index (χ1v) is 0. The second kappa shape index (κ2) is 28.5. The van der Waals surface area contributed by atoms with Crippen molar-refractivity contribution in [2.45, 2.75) is 0 Å². The Kier molecular flexibility index (Phi) is 255. The van der Waals surface area contributed by atoms with E-state index in [1.807, 2.05) is 0 Å². The van der Waals surface area contributed by atoms with Gasteiger partial charge in [0.15, 0.2) is 0 Å². The standard InChI is InChI=1S/4BrH.Pu/h4*1H;/p-4. The van der Waals surface area contributed by atoms with Crippen LogP contribution in [0.25, 0.3) is 0 Å². The van der Waals surface area contributed by atoms with Crippen molar-refractivity contribution in [2.24, 2.45) is 0 Å². The van der Waals surface area contributed by atoms with Crippen LogP contribution >= 0.6 is 0 Å². The largest absolute Gasteiger partial charge is 1.00 e. The van der Waals surface area contributed by atoms with Gasteiger partial charge in [-0.25, -0.2) is 0 Å². The van der Waals surface area contributed by atoms with E-state index in [0.717, 1.165) is 0 Å². The first kappa shape index (κ1) is 44.6. The van der Waals surface area contributed by atoms with E-state index in [9.17, 15) is 0 Å². The van der Waals surface area contributed by atoms with Gasteiger partial charge in [0.1, 0.15) is 0 Å². The molecule has 0 heterocycles. The third-order valence-corrected chi connectivity index (χ3v) is 0. The Balaban J connectivity index is 0. The molecular formula is Br4Pu-4. The number of hydrogen-bond acceptors (Lipinski definition) is 0. The zero-order chi connectivity index (χ0) is 0. The molecule has 0 N–H and O–H groups in total. The predicted molar refractivity (Wildman–Crippen MR) is 0 cm³/mol. The van der Waals surface area contributed by atoms with E-state index < -0.39 is 0 Å². The van der Waals surface area contributed by atoms with E-state index in [-0.39, 0.29) is 97.1 Å². The smallest absolute Gasteiger partial charge is 0 e. The molecule has 0 aliphatic carbocycles. The Labute approximate surface area is 95.5 Å². The Morgan fingerprint density at radius 1 is 0.400 bits per heavy atom. The van der Waals surface area contributed by atoms with Gasteiger partial charge in [-0.3, -0.25) is 0 Å². The van der Waals surface area contributed by atoms with Crippen molar-refractivity contribution < 1.29 is 97.1 Å². The van der Waals surface area contributed by atoms with Gasteiger partial charge in [0.05, 0.1) is 0 Å². The topological polar surface area (TPSA) is 0 Å². The molecule has 0 radical (unpaired) electrons. The Morgan fingerprint density at radius 3 is 0.400 bits per heavy atom. The molecule has 0 aliphatic heterocycles. The summed E-state index contributed by atoms with van der Waals surface area (Å²) in [4.78, 5) is 0. The van der Waals surface area contributed by atoms with Crippen molar-refractivity contribution in [2.75, 3.05) is 0 Å². The second-order valence-electron chi connectivity index (χ2n) is 0. The first-order valence-electron chi connectivity index (χ1n) is 0. The van der Waals surface area contributed by atoms with Crippen molar-refractivity contribution in [1.29, 1.82) is 0 Å². The normalized spacial score (nSPS) is 0. The average molecular weight is 564 g/mol. The summed E-state index contributed by atoms with van der Waals surface area (Å²) in [6, 6.07) is 0. The maximum absolute atomic E-state index is 0.